The van der Waals surface area contributed by atoms with Crippen molar-refractivity contribution in [2.24, 2.45) is 4.99 Å². The lowest BCUT2D eigenvalue weighted by atomic mass is 10.1. The van der Waals surface area contributed by atoms with Crippen LogP contribution >= 0.6 is 11.3 Å². The Morgan fingerprint density at radius 3 is 2.76 bits per heavy atom. The van der Waals surface area contributed by atoms with Gasteiger partial charge in [-0.1, -0.05) is 25.1 Å². The fourth-order valence-electron chi connectivity index (χ4n) is 2.38. The molecule has 0 spiro atoms. The maximum Gasteiger partial charge on any atom is 0.221 e. The van der Waals surface area contributed by atoms with Gasteiger partial charge >= 0.3 is 0 Å². The van der Waals surface area contributed by atoms with E-state index in [0.717, 1.165) is 30.3 Å². The number of aliphatic imine (C=N–C) groups is 1. The molecular formula is C19H26N4OS. The molecule has 0 aliphatic carbocycles. The fraction of sp³-hybridized carbons (Fsp3) is 0.368. The fourth-order valence-corrected chi connectivity index (χ4v) is 3.17. The first-order valence-corrected chi connectivity index (χ1v) is 9.38. The van der Waals surface area contributed by atoms with Crippen molar-refractivity contribution in [3.05, 3.63) is 52.2 Å². The van der Waals surface area contributed by atoms with Crippen LogP contribution in [0.3, 0.4) is 0 Å². The zero-order chi connectivity index (χ0) is 18.1. The first-order valence-electron chi connectivity index (χ1n) is 8.50. The van der Waals surface area contributed by atoms with E-state index >= 15 is 0 Å². The number of carbonyl (C=O) groups excluding carboxylic acids is 1. The van der Waals surface area contributed by atoms with Gasteiger partial charge in [0.1, 0.15) is 0 Å². The van der Waals surface area contributed by atoms with Crippen LogP contribution in [0.4, 0.5) is 5.69 Å². The Hall–Kier alpha value is -2.34. The lowest BCUT2D eigenvalue weighted by Crippen LogP contribution is -2.39. The number of rotatable bonds is 7. The van der Waals surface area contributed by atoms with Crippen molar-refractivity contribution in [1.29, 1.82) is 0 Å². The number of nitrogens with zero attached hydrogens (tertiary/aromatic N) is 1. The molecule has 0 fully saturated rings. The number of hydrogen-bond acceptors (Lipinski definition) is 3. The third-order valence-electron chi connectivity index (χ3n) is 3.62. The van der Waals surface area contributed by atoms with Gasteiger partial charge in [-0.15, -0.1) is 11.3 Å². The Kier molecular flexibility index (Phi) is 7.47. The lowest BCUT2D eigenvalue weighted by molar-refractivity contribution is -0.114. The van der Waals surface area contributed by atoms with E-state index in [1.165, 1.54) is 11.8 Å². The molecule has 1 aromatic carbocycles. The highest BCUT2D eigenvalue weighted by Crippen LogP contribution is 2.19. The predicted molar refractivity (Wildman–Crippen MR) is 106 cm³/mol. The van der Waals surface area contributed by atoms with Gasteiger partial charge in [0.15, 0.2) is 5.96 Å². The summed E-state index contributed by atoms with van der Waals surface area (Å²) in [5.74, 6) is 1.17. The van der Waals surface area contributed by atoms with Crippen LogP contribution in [0.5, 0.6) is 0 Å². The topological polar surface area (TPSA) is 65.5 Å². The monoisotopic (exact) mass is 358 g/mol. The van der Waals surface area contributed by atoms with Gasteiger partial charge in [0.2, 0.25) is 5.91 Å². The zero-order valence-electron chi connectivity index (χ0n) is 15.0. The van der Waals surface area contributed by atoms with Crippen LogP contribution in [-0.2, 0) is 11.3 Å². The molecule has 5 nitrogen and oxygen atoms in total. The number of carbonyl (C=O) groups is 1. The number of amides is 1. The summed E-state index contributed by atoms with van der Waals surface area (Å²) < 4.78 is 0. The maximum atomic E-state index is 11.2. The van der Waals surface area contributed by atoms with E-state index in [4.69, 9.17) is 0 Å². The molecule has 6 heteroatoms. The van der Waals surface area contributed by atoms with Crippen molar-refractivity contribution < 1.29 is 4.79 Å². The van der Waals surface area contributed by atoms with E-state index in [1.54, 1.807) is 11.3 Å². The van der Waals surface area contributed by atoms with Crippen LogP contribution < -0.4 is 16.0 Å². The second-order valence-corrected chi connectivity index (χ2v) is 6.85. The van der Waals surface area contributed by atoms with Gasteiger partial charge in [0, 0.05) is 36.5 Å². The standard InChI is InChI=1S/C19H26N4OS/c1-4-20-19(21-12-14(2)18-9-6-10-25-18)22-13-16-7-5-8-17(11-16)23-15(3)24/h5-11,14H,4,12-13H2,1-3H3,(H,23,24)(H2,20,21,22). The molecule has 1 aromatic heterocycles. The third-order valence-corrected chi connectivity index (χ3v) is 4.72. The molecule has 0 aliphatic rings. The molecule has 0 aliphatic heterocycles. The Morgan fingerprint density at radius 1 is 1.24 bits per heavy atom. The summed E-state index contributed by atoms with van der Waals surface area (Å²) >= 11 is 1.78. The van der Waals surface area contributed by atoms with Gasteiger partial charge in [-0.2, -0.15) is 0 Å². The number of hydrogen-bond donors (Lipinski definition) is 3. The summed E-state index contributed by atoms with van der Waals surface area (Å²) in [6.45, 7) is 7.96. The summed E-state index contributed by atoms with van der Waals surface area (Å²) in [7, 11) is 0. The van der Waals surface area contributed by atoms with Crippen LogP contribution in [0.15, 0.2) is 46.8 Å². The maximum absolute atomic E-state index is 11.2. The SMILES string of the molecule is CCNC(=NCc1cccc(NC(C)=O)c1)NCC(C)c1cccs1. The highest BCUT2D eigenvalue weighted by molar-refractivity contribution is 7.10. The van der Waals surface area contributed by atoms with Crippen molar-refractivity contribution in [1.82, 2.24) is 10.6 Å². The smallest absolute Gasteiger partial charge is 0.221 e. The van der Waals surface area contributed by atoms with Gasteiger partial charge in [-0.3, -0.25) is 4.79 Å². The minimum atomic E-state index is -0.0711. The quantitative estimate of drug-likeness (QED) is 0.524. The molecule has 1 amide bonds. The number of thiophene rings is 1. The van der Waals surface area contributed by atoms with Crippen LogP contribution in [0.1, 0.15) is 37.1 Å². The molecule has 0 bridgehead atoms. The van der Waals surface area contributed by atoms with Crippen LogP contribution in [0, 0.1) is 0 Å². The van der Waals surface area contributed by atoms with E-state index in [2.05, 4.69) is 52.3 Å². The Balaban J connectivity index is 1.95. The van der Waals surface area contributed by atoms with Crippen molar-refractivity contribution in [2.75, 3.05) is 18.4 Å². The molecule has 3 N–H and O–H groups in total. The first-order chi connectivity index (χ1) is 12.1. The average molecular weight is 359 g/mol. The molecule has 0 radical (unpaired) electrons. The predicted octanol–water partition coefficient (Wildman–Crippen LogP) is 3.57. The summed E-state index contributed by atoms with van der Waals surface area (Å²) in [5.41, 5.74) is 1.85. The summed E-state index contributed by atoms with van der Waals surface area (Å²) in [6.07, 6.45) is 0. The normalized spacial score (nSPS) is 12.5. The first kappa shape index (κ1) is 19.0. The number of anilines is 1. The molecule has 0 saturated carbocycles. The molecular weight excluding hydrogens is 332 g/mol. The highest BCUT2D eigenvalue weighted by atomic mass is 32.1. The number of benzene rings is 1. The molecule has 2 rings (SSSR count). The number of nitrogens with one attached hydrogen (secondary N) is 3. The molecule has 25 heavy (non-hydrogen) atoms. The van der Waals surface area contributed by atoms with Gasteiger partial charge in [0.05, 0.1) is 6.54 Å². The molecule has 1 unspecified atom stereocenters. The van der Waals surface area contributed by atoms with Crippen molar-refractivity contribution >= 4 is 28.9 Å². The Bertz CT molecular complexity index is 697. The van der Waals surface area contributed by atoms with Gasteiger partial charge < -0.3 is 16.0 Å². The van der Waals surface area contributed by atoms with Crippen molar-refractivity contribution in [3.8, 4) is 0 Å². The van der Waals surface area contributed by atoms with Gasteiger partial charge in [0.25, 0.3) is 0 Å². The Labute approximate surface area is 153 Å². The van der Waals surface area contributed by atoms with Crippen molar-refractivity contribution in [2.45, 2.75) is 33.2 Å². The van der Waals surface area contributed by atoms with Gasteiger partial charge in [-0.25, -0.2) is 4.99 Å². The largest absolute Gasteiger partial charge is 0.357 e. The minimum absolute atomic E-state index is 0.0711. The highest BCUT2D eigenvalue weighted by Gasteiger charge is 2.07. The molecule has 2 aromatic rings. The Morgan fingerprint density at radius 2 is 2.08 bits per heavy atom. The average Bonchev–Trinajstić information content (AvgIpc) is 3.11. The molecule has 1 atom stereocenters. The molecule has 134 valence electrons. The van der Waals surface area contributed by atoms with Gasteiger partial charge in [-0.05, 0) is 36.1 Å². The van der Waals surface area contributed by atoms with E-state index in [0.29, 0.717) is 12.5 Å². The lowest BCUT2D eigenvalue weighted by Gasteiger charge is -2.15. The summed E-state index contributed by atoms with van der Waals surface area (Å²) in [4.78, 5) is 17.2. The molecule has 0 saturated heterocycles. The molecule has 1 heterocycles. The summed E-state index contributed by atoms with van der Waals surface area (Å²) in [5, 5.41) is 11.6. The van der Waals surface area contributed by atoms with Crippen molar-refractivity contribution in [3.63, 3.8) is 0 Å². The zero-order valence-corrected chi connectivity index (χ0v) is 15.8. The second-order valence-electron chi connectivity index (χ2n) is 5.87. The van der Waals surface area contributed by atoms with Crippen LogP contribution in [0.2, 0.25) is 0 Å². The summed E-state index contributed by atoms with van der Waals surface area (Å²) in [6, 6.07) is 12.0. The van der Waals surface area contributed by atoms with Crippen LogP contribution in [0.25, 0.3) is 0 Å². The minimum Gasteiger partial charge on any atom is -0.357 e. The third kappa shape index (κ3) is 6.58. The van der Waals surface area contributed by atoms with E-state index in [-0.39, 0.29) is 5.91 Å². The van der Waals surface area contributed by atoms with E-state index in [9.17, 15) is 4.79 Å². The van der Waals surface area contributed by atoms with Crippen LogP contribution in [-0.4, -0.2) is 25.0 Å². The van der Waals surface area contributed by atoms with E-state index < -0.39 is 0 Å². The number of guanidine groups is 1. The second kappa shape index (κ2) is 9.84. The van der Waals surface area contributed by atoms with E-state index in [1.807, 2.05) is 24.3 Å².